The van der Waals surface area contributed by atoms with Crippen LogP contribution in [0.5, 0.6) is 0 Å². The molecule has 0 atom stereocenters. The van der Waals surface area contributed by atoms with Crippen molar-refractivity contribution >= 4 is 20.9 Å². The van der Waals surface area contributed by atoms with Crippen LogP contribution >= 0.6 is 11.6 Å². The van der Waals surface area contributed by atoms with Crippen molar-refractivity contribution in [3.8, 4) is 0 Å². The summed E-state index contributed by atoms with van der Waals surface area (Å²) in [7, 11) is -1.68. The lowest BCUT2D eigenvalue weighted by molar-refractivity contribution is 0.181. The Morgan fingerprint density at radius 1 is 0.762 bits per heavy atom. The fraction of sp³-hybridized carbons (Fsp3) is 0.294. The van der Waals surface area contributed by atoms with Gasteiger partial charge >= 0.3 is 9.28 Å². The first-order valence-electron chi connectivity index (χ1n) is 7.25. The molecule has 0 heterocycles. The van der Waals surface area contributed by atoms with Crippen molar-refractivity contribution in [2.24, 2.45) is 0 Å². The highest BCUT2D eigenvalue weighted by molar-refractivity contribution is 6.44. The second-order valence-corrected chi connectivity index (χ2v) is 7.34. The SMILES string of the molecule is ClCCC[SiH](OCc1ccccc1)OCc1ccccc1. The standard InChI is InChI=1S/C17H21ClO2Si/c18-12-7-13-21(19-14-16-8-3-1-4-9-16)20-15-17-10-5-2-6-11-17/h1-6,8-11,21H,7,12-15H2. The summed E-state index contributed by atoms with van der Waals surface area (Å²) in [5.41, 5.74) is 2.37. The first-order valence-corrected chi connectivity index (χ1v) is 9.55. The summed E-state index contributed by atoms with van der Waals surface area (Å²) in [6.07, 6.45) is 0.946. The summed E-state index contributed by atoms with van der Waals surface area (Å²) in [6.45, 7) is 1.24. The van der Waals surface area contributed by atoms with E-state index < -0.39 is 9.28 Å². The number of rotatable bonds is 9. The first-order chi connectivity index (χ1) is 10.4. The van der Waals surface area contributed by atoms with E-state index in [0.29, 0.717) is 19.1 Å². The van der Waals surface area contributed by atoms with Crippen LogP contribution in [0.2, 0.25) is 6.04 Å². The number of hydrogen-bond donors (Lipinski definition) is 0. The molecule has 0 saturated carbocycles. The van der Waals surface area contributed by atoms with E-state index in [2.05, 4.69) is 24.3 Å². The predicted molar refractivity (Wildman–Crippen MR) is 89.8 cm³/mol. The maximum atomic E-state index is 6.01. The van der Waals surface area contributed by atoms with Crippen LogP contribution in [0.15, 0.2) is 60.7 Å². The number of alkyl halides is 1. The molecule has 2 nitrogen and oxygen atoms in total. The van der Waals surface area contributed by atoms with Crippen LogP contribution in [-0.4, -0.2) is 15.2 Å². The van der Waals surface area contributed by atoms with Crippen LogP contribution in [-0.2, 0) is 22.1 Å². The number of hydrogen-bond acceptors (Lipinski definition) is 2. The molecule has 0 N–H and O–H groups in total. The molecule has 0 spiro atoms. The van der Waals surface area contributed by atoms with Crippen molar-refractivity contribution in [1.29, 1.82) is 0 Å². The largest absolute Gasteiger partial charge is 0.392 e. The van der Waals surface area contributed by atoms with E-state index >= 15 is 0 Å². The minimum Gasteiger partial charge on any atom is -0.392 e. The maximum Gasteiger partial charge on any atom is 0.322 e. The van der Waals surface area contributed by atoms with Gasteiger partial charge in [-0.3, -0.25) is 0 Å². The molecule has 4 heteroatoms. The summed E-state index contributed by atoms with van der Waals surface area (Å²) >= 11 is 5.79. The highest BCUT2D eigenvalue weighted by atomic mass is 35.5. The van der Waals surface area contributed by atoms with Crippen LogP contribution in [0, 0.1) is 0 Å². The van der Waals surface area contributed by atoms with Crippen molar-refractivity contribution in [2.75, 3.05) is 5.88 Å². The van der Waals surface area contributed by atoms with Crippen molar-refractivity contribution in [2.45, 2.75) is 25.7 Å². The van der Waals surface area contributed by atoms with Crippen LogP contribution in [0.25, 0.3) is 0 Å². The summed E-state index contributed by atoms with van der Waals surface area (Å²) in [5, 5.41) is 0. The normalized spacial score (nSPS) is 11.0. The Bertz CT molecular complexity index is 449. The lowest BCUT2D eigenvalue weighted by Crippen LogP contribution is -2.22. The van der Waals surface area contributed by atoms with Crippen molar-refractivity contribution in [1.82, 2.24) is 0 Å². The number of halogens is 1. The molecule has 0 aliphatic carbocycles. The van der Waals surface area contributed by atoms with Gasteiger partial charge in [0.1, 0.15) is 0 Å². The summed E-state index contributed by atoms with van der Waals surface area (Å²) in [5.74, 6) is 0.660. The topological polar surface area (TPSA) is 18.5 Å². The molecule has 112 valence electrons. The average molecular weight is 321 g/mol. The monoisotopic (exact) mass is 320 g/mol. The number of benzene rings is 2. The van der Waals surface area contributed by atoms with Crippen molar-refractivity contribution < 1.29 is 8.85 Å². The van der Waals surface area contributed by atoms with E-state index in [9.17, 15) is 0 Å². The summed E-state index contributed by atoms with van der Waals surface area (Å²) < 4.78 is 12.0. The van der Waals surface area contributed by atoms with Crippen LogP contribution in [0.1, 0.15) is 17.5 Å². The zero-order chi connectivity index (χ0) is 14.8. The Morgan fingerprint density at radius 2 is 1.24 bits per heavy atom. The molecule has 2 rings (SSSR count). The Hall–Kier alpha value is -1.13. The molecule has 2 aromatic carbocycles. The van der Waals surface area contributed by atoms with Gasteiger partial charge in [-0.25, -0.2) is 0 Å². The molecule has 0 fully saturated rings. The highest BCUT2D eigenvalue weighted by Gasteiger charge is 2.13. The smallest absolute Gasteiger partial charge is 0.322 e. The lowest BCUT2D eigenvalue weighted by atomic mass is 10.2. The molecule has 0 bridgehead atoms. The van der Waals surface area contributed by atoms with E-state index in [1.165, 1.54) is 11.1 Å². The fourth-order valence-electron chi connectivity index (χ4n) is 1.99. The van der Waals surface area contributed by atoms with Crippen LogP contribution < -0.4 is 0 Å². The van der Waals surface area contributed by atoms with Gasteiger partial charge in [-0.2, -0.15) is 0 Å². The van der Waals surface area contributed by atoms with Gasteiger partial charge in [0.15, 0.2) is 0 Å². The van der Waals surface area contributed by atoms with Crippen LogP contribution in [0.4, 0.5) is 0 Å². The zero-order valence-corrected chi connectivity index (χ0v) is 14.0. The van der Waals surface area contributed by atoms with E-state index in [0.717, 1.165) is 12.5 Å². The van der Waals surface area contributed by atoms with E-state index in [4.69, 9.17) is 20.5 Å². The maximum absolute atomic E-state index is 6.01. The van der Waals surface area contributed by atoms with Crippen LogP contribution in [0.3, 0.4) is 0 Å². The third-order valence-corrected chi connectivity index (χ3v) is 5.35. The quantitative estimate of drug-likeness (QED) is 0.507. The molecule has 0 aliphatic rings. The minimum absolute atomic E-state index is 0.620. The van der Waals surface area contributed by atoms with Crippen molar-refractivity contribution in [3.63, 3.8) is 0 Å². The van der Waals surface area contributed by atoms with Gasteiger partial charge in [0.2, 0.25) is 0 Å². The van der Waals surface area contributed by atoms with E-state index in [1.807, 2.05) is 36.4 Å². The third-order valence-electron chi connectivity index (χ3n) is 3.13. The van der Waals surface area contributed by atoms with Gasteiger partial charge in [-0.15, -0.1) is 11.6 Å². The third kappa shape index (κ3) is 6.44. The average Bonchev–Trinajstić information content (AvgIpc) is 2.56. The highest BCUT2D eigenvalue weighted by Crippen LogP contribution is 2.10. The predicted octanol–water partition coefficient (Wildman–Crippen LogP) is 4.27. The van der Waals surface area contributed by atoms with E-state index in [1.54, 1.807) is 0 Å². The second-order valence-electron chi connectivity index (χ2n) is 4.85. The molecule has 0 saturated heterocycles. The van der Waals surface area contributed by atoms with Gasteiger partial charge in [0.25, 0.3) is 0 Å². The Morgan fingerprint density at radius 3 is 1.67 bits per heavy atom. The molecule has 2 aromatic rings. The first kappa shape index (κ1) is 16.2. The molecule has 0 unspecified atom stereocenters. The van der Waals surface area contributed by atoms with Gasteiger partial charge in [-0.05, 0) is 23.6 Å². The minimum atomic E-state index is -1.68. The summed E-state index contributed by atoms with van der Waals surface area (Å²) in [4.78, 5) is 0. The summed E-state index contributed by atoms with van der Waals surface area (Å²) in [6, 6.07) is 21.4. The Balaban J connectivity index is 1.82. The molecular weight excluding hydrogens is 300 g/mol. The Kier molecular flexibility index (Phi) is 7.53. The fourth-order valence-corrected chi connectivity index (χ4v) is 4.12. The van der Waals surface area contributed by atoms with Crippen molar-refractivity contribution in [3.05, 3.63) is 71.8 Å². The second kappa shape index (κ2) is 9.74. The molecule has 0 amide bonds. The molecule has 0 aliphatic heterocycles. The van der Waals surface area contributed by atoms with Gasteiger partial charge in [0.05, 0.1) is 13.2 Å². The van der Waals surface area contributed by atoms with Gasteiger partial charge in [0, 0.05) is 5.88 Å². The lowest BCUT2D eigenvalue weighted by Gasteiger charge is -2.16. The van der Waals surface area contributed by atoms with E-state index in [-0.39, 0.29) is 0 Å². The molecule has 0 aromatic heterocycles. The molecule has 21 heavy (non-hydrogen) atoms. The van der Waals surface area contributed by atoms with Gasteiger partial charge < -0.3 is 8.85 Å². The zero-order valence-electron chi connectivity index (χ0n) is 12.1. The molecule has 0 radical (unpaired) electrons. The molecular formula is C17H21ClO2Si. The van der Waals surface area contributed by atoms with Gasteiger partial charge in [-0.1, -0.05) is 60.7 Å². The Labute approximate surface area is 133 Å².